The van der Waals surface area contributed by atoms with Crippen LogP contribution in [0, 0.1) is 0 Å². The van der Waals surface area contributed by atoms with Crippen LogP contribution in [0.2, 0.25) is 0 Å². The average Bonchev–Trinajstić information content (AvgIpc) is 2.71. The predicted octanol–water partition coefficient (Wildman–Crippen LogP) is 4.54. The van der Waals surface area contributed by atoms with Gasteiger partial charge >= 0.3 is 0 Å². The van der Waals surface area contributed by atoms with Gasteiger partial charge in [-0.25, -0.2) is 0 Å². The quantitative estimate of drug-likeness (QED) is 0.810. The van der Waals surface area contributed by atoms with Gasteiger partial charge in [0, 0.05) is 21.9 Å². The Balaban J connectivity index is 2.11. The number of halogens is 2. The van der Waals surface area contributed by atoms with Crippen molar-refractivity contribution in [2.75, 3.05) is 13.6 Å². The molecule has 0 radical (unpaired) electrons. The number of hydrogen-bond donors (Lipinski definition) is 1. The van der Waals surface area contributed by atoms with Crippen molar-refractivity contribution in [3.8, 4) is 0 Å². The van der Waals surface area contributed by atoms with Gasteiger partial charge in [0.05, 0.1) is 9.83 Å². The third kappa shape index (κ3) is 3.37. The van der Waals surface area contributed by atoms with Crippen molar-refractivity contribution in [3.63, 3.8) is 0 Å². The van der Waals surface area contributed by atoms with Crippen molar-refractivity contribution in [1.29, 1.82) is 0 Å². The van der Waals surface area contributed by atoms with Gasteiger partial charge in [-0.2, -0.15) is 0 Å². The summed E-state index contributed by atoms with van der Waals surface area (Å²) in [7, 11) is 2.23. The Morgan fingerprint density at radius 2 is 2.06 bits per heavy atom. The van der Waals surface area contributed by atoms with E-state index in [2.05, 4.69) is 49.9 Å². The zero-order chi connectivity index (χ0) is 13.1. The van der Waals surface area contributed by atoms with Gasteiger partial charge in [-0.15, -0.1) is 11.3 Å². The van der Waals surface area contributed by atoms with Crippen LogP contribution in [0.4, 0.5) is 0 Å². The summed E-state index contributed by atoms with van der Waals surface area (Å²) >= 11 is 8.92. The minimum Gasteiger partial charge on any atom is -0.329 e. The number of rotatable bonds is 4. The Morgan fingerprint density at radius 3 is 2.56 bits per heavy atom. The number of thiophene rings is 1. The van der Waals surface area contributed by atoms with Gasteiger partial charge in [-0.05, 0) is 57.8 Å². The van der Waals surface area contributed by atoms with Gasteiger partial charge < -0.3 is 5.73 Å². The molecular weight excluding hydrogens is 376 g/mol. The van der Waals surface area contributed by atoms with Crippen LogP contribution in [0.5, 0.6) is 0 Å². The lowest BCUT2D eigenvalue weighted by Crippen LogP contribution is -2.39. The maximum atomic E-state index is 6.01. The minimum absolute atomic E-state index is 0.348. The molecule has 1 fully saturated rings. The molecule has 102 valence electrons. The molecule has 0 aliphatic heterocycles. The molecule has 2 nitrogen and oxygen atoms in total. The maximum absolute atomic E-state index is 6.01. The fourth-order valence-corrected chi connectivity index (χ4v) is 5.01. The highest BCUT2D eigenvalue weighted by molar-refractivity contribution is 9.13. The first-order valence-electron chi connectivity index (χ1n) is 6.50. The predicted molar refractivity (Wildman–Crippen MR) is 86.2 cm³/mol. The molecule has 0 amide bonds. The highest BCUT2D eigenvalue weighted by Gasteiger charge is 2.26. The van der Waals surface area contributed by atoms with Crippen LogP contribution in [0.1, 0.15) is 43.0 Å². The fraction of sp³-hybridized carbons (Fsp3) is 0.692. The molecule has 1 aliphatic rings. The summed E-state index contributed by atoms with van der Waals surface area (Å²) in [5.74, 6) is 0. The summed E-state index contributed by atoms with van der Waals surface area (Å²) in [6.07, 6.45) is 6.77. The SMILES string of the molecule is CN(C1CCCCC1)C(CN)c1cc(Br)c(Br)s1. The Morgan fingerprint density at radius 1 is 1.39 bits per heavy atom. The van der Waals surface area contributed by atoms with E-state index in [9.17, 15) is 0 Å². The molecule has 0 aromatic carbocycles. The first kappa shape index (κ1) is 15.0. The second-order valence-electron chi connectivity index (χ2n) is 4.98. The van der Waals surface area contributed by atoms with E-state index in [0.29, 0.717) is 18.6 Å². The molecule has 1 aromatic rings. The van der Waals surface area contributed by atoms with Crippen molar-refractivity contribution in [3.05, 3.63) is 19.2 Å². The van der Waals surface area contributed by atoms with Gasteiger partial charge in [0.15, 0.2) is 0 Å². The lowest BCUT2D eigenvalue weighted by Gasteiger charge is -2.36. The van der Waals surface area contributed by atoms with Crippen LogP contribution in [-0.2, 0) is 0 Å². The zero-order valence-corrected chi connectivity index (χ0v) is 14.7. The van der Waals surface area contributed by atoms with Crippen molar-refractivity contribution < 1.29 is 0 Å². The molecule has 1 aromatic heterocycles. The molecule has 5 heteroatoms. The van der Waals surface area contributed by atoms with E-state index in [1.165, 1.54) is 37.0 Å². The van der Waals surface area contributed by atoms with Gasteiger partial charge in [0.2, 0.25) is 0 Å². The van der Waals surface area contributed by atoms with E-state index in [4.69, 9.17) is 5.73 Å². The highest BCUT2D eigenvalue weighted by atomic mass is 79.9. The average molecular weight is 396 g/mol. The van der Waals surface area contributed by atoms with Gasteiger partial charge in [0.1, 0.15) is 0 Å². The Hall–Kier alpha value is 0.580. The van der Waals surface area contributed by atoms with Crippen molar-refractivity contribution in [1.82, 2.24) is 4.90 Å². The van der Waals surface area contributed by atoms with E-state index >= 15 is 0 Å². The highest BCUT2D eigenvalue weighted by Crippen LogP contribution is 2.38. The van der Waals surface area contributed by atoms with Crippen LogP contribution < -0.4 is 5.73 Å². The summed E-state index contributed by atoms with van der Waals surface area (Å²) in [4.78, 5) is 3.84. The van der Waals surface area contributed by atoms with E-state index in [0.717, 1.165) is 8.26 Å². The minimum atomic E-state index is 0.348. The first-order chi connectivity index (χ1) is 8.63. The molecule has 1 atom stereocenters. The third-order valence-electron chi connectivity index (χ3n) is 3.86. The van der Waals surface area contributed by atoms with Crippen molar-refractivity contribution in [2.45, 2.75) is 44.2 Å². The topological polar surface area (TPSA) is 29.3 Å². The van der Waals surface area contributed by atoms with Crippen LogP contribution in [0.25, 0.3) is 0 Å². The van der Waals surface area contributed by atoms with Gasteiger partial charge in [-0.3, -0.25) is 4.90 Å². The number of nitrogens with zero attached hydrogens (tertiary/aromatic N) is 1. The van der Waals surface area contributed by atoms with E-state index in [1.807, 2.05) is 0 Å². The summed E-state index contributed by atoms with van der Waals surface area (Å²) in [6.45, 7) is 0.687. The third-order valence-corrected chi connectivity index (χ3v) is 7.22. The number of likely N-dealkylation sites (N-methyl/N-ethyl adjacent to an activating group) is 1. The molecule has 0 spiro atoms. The molecule has 1 unspecified atom stereocenters. The summed E-state index contributed by atoms with van der Waals surface area (Å²) < 4.78 is 2.30. The van der Waals surface area contributed by atoms with Crippen LogP contribution in [-0.4, -0.2) is 24.5 Å². The van der Waals surface area contributed by atoms with Gasteiger partial charge in [0.25, 0.3) is 0 Å². The molecule has 1 aliphatic carbocycles. The molecular formula is C13H20Br2N2S. The normalized spacial score (nSPS) is 19.4. The summed E-state index contributed by atoms with van der Waals surface area (Å²) in [5, 5.41) is 0. The molecule has 2 N–H and O–H groups in total. The van der Waals surface area contributed by atoms with Gasteiger partial charge in [-0.1, -0.05) is 19.3 Å². The Labute approximate surface area is 130 Å². The lowest BCUT2D eigenvalue weighted by atomic mass is 9.93. The second-order valence-corrected chi connectivity index (χ2v) is 8.24. The summed E-state index contributed by atoms with van der Waals surface area (Å²) in [5.41, 5.74) is 6.01. The molecule has 2 rings (SSSR count). The molecule has 0 saturated heterocycles. The van der Waals surface area contributed by atoms with E-state index in [-0.39, 0.29) is 0 Å². The van der Waals surface area contributed by atoms with Crippen LogP contribution in [0.15, 0.2) is 14.3 Å². The maximum Gasteiger partial charge on any atom is 0.0843 e. The van der Waals surface area contributed by atoms with E-state index in [1.54, 1.807) is 11.3 Å². The summed E-state index contributed by atoms with van der Waals surface area (Å²) in [6, 6.07) is 3.25. The molecule has 1 saturated carbocycles. The van der Waals surface area contributed by atoms with Crippen molar-refractivity contribution >= 4 is 43.2 Å². The smallest absolute Gasteiger partial charge is 0.0843 e. The second kappa shape index (κ2) is 6.84. The lowest BCUT2D eigenvalue weighted by molar-refractivity contribution is 0.142. The molecule has 1 heterocycles. The largest absolute Gasteiger partial charge is 0.329 e. The Bertz CT molecular complexity index is 369. The first-order valence-corrected chi connectivity index (χ1v) is 8.90. The Kier molecular flexibility index (Phi) is 5.69. The fourth-order valence-electron chi connectivity index (χ4n) is 2.75. The molecule has 18 heavy (non-hydrogen) atoms. The van der Waals surface area contributed by atoms with Crippen molar-refractivity contribution in [2.24, 2.45) is 5.73 Å². The van der Waals surface area contributed by atoms with E-state index < -0.39 is 0 Å². The van der Waals surface area contributed by atoms with Crippen LogP contribution >= 0.6 is 43.2 Å². The zero-order valence-electron chi connectivity index (χ0n) is 10.7. The number of nitrogens with two attached hydrogens (primary N) is 1. The molecule has 0 bridgehead atoms. The number of hydrogen-bond acceptors (Lipinski definition) is 3. The monoisotopic (exact) mass is 394 g/mol. The van der Waals surface area contributed by atoms with Crippen LogP contribution in [0.3, 0.4) is 0 Å². The standard InChI is InChI=1S/C13H20Br2N2S/c1-17(9-5-3-2-4-6-9)11(8-16)12-7-10(14)13(15)18-12/h7,9,11H,2-6,8,16H2,1H3.